The van der Waals surface area contributed by atoms with Crippen LogP contribution >= 0.6 is 0 Å². The van der Waals surface area contributed by atoms with Crippen molar-refractivity contribution in [2.45, 2.75) is 39.2 Å². The normalized spacial score (nSPS) is 15.3. The number of carbonyl (C=O) groups is 2. The molecule has 1 atom stereocenters. The Kier molecular flexibility index (Phi) is 6.75. The molecule has 36 heavy (non-hydrogen) atoms. The molecule has 3 aromatic heterocycles. The van der Waals surface area contributed by atoms with Crippen LogP contribution in [0.4, 0.5) is 11.4 Å². The quantitative estimate of drug-likeness (QED) is 0.233. The van der Waals surface area contributed by atoms with E-state index >= 15 is 0 Å². The molecule has 1 aliphatic rings. The summed E-state index contributed by atoms with van der Waals surface area (Å²) < 4.78 is 6.98. The van der Waals surface area contributed by atoms with Gasteiger partial charge < -0.3 is 24.9 Å². The summed E-state index contributed by atoms with van der Waals surface area (Å²) in [5.74, 6) is -0.200. The van der Waals surface area contributed by atoms with Gasteiger partial charge in [0, 0.05) is 42.5 Å². The number of hydrogen-bond acceptors (Lipinski definition) is 5. The van der Waals surface area contributed by atoms with Gasteiger partial charge in [0.25, 0.3) is 0 Å². The van der Waals surface area contributed by atoms with Crippen molar-refractivity contribution in [3.63, 3.8) is 0 Å². The Bertz CT molecular complexity index is 1450. The minimum absolute atomic E-state index is 0.261. The van der Waals surface area contributed by atoms with E-state index in [0.29, 0.717) is 41.3 Å². The minimum atomic E-state index is -0.515. The van der Waals surface area contributed by atoms with Crippen LogP contribution in [-0.2, 0) is 22.5 Å². The molecule has 0 bridgehead atoms. The molecule has 0 saturated heterocycles. The minimum Gasteiger partial charge on any atom is -0.464 e. The number of methoxy groups -OCH3 is 1. The Balaban J connectivity index is 1.52. The van der Waals surface area contributed by atoms with Gasteiger partial charge in [0.2, 0.25) is 5.91 Å². The first-order chi connectivity index (χ1) is 17.5. The van der Waals surface area contributed by atoms with Gasteiger partial charge in [-0.1, -0.05) is 30.4 Å². The molecule has 0 fully saturated rings. The zero-order chi connectivity index (χ0) is 25.1. The third-order valence-electron chi connectivity index (χ3n) is 6.83. The smallest absolute Gasteiger partial charge is 0.356 e. The van der Waals surface area contributed by atoms with Gasteiger partial charge in [0.15, 0.2) is 5.69 Å². The second-order valence-electron chi connectivity index (χ2n) is 9.28. The summed E-state index contributed by atoms with van der Waals surface area (Å²) in [6, 6.07) is 10.1. The van der Waals surface area contributed by atoms with Crippen LogP contribution in [-0.4, -0.2) is 40.1 Å². The topological polar surface area (TPSA) is 101 Å². The molecule has 5 rings (SSSR count). The Morgan fingerprint density at radius 3 is 2.86 bits per heavy atom. The van der Waals surface area contributed by atoms with E-state index in [9.17, 15) is 9.59 Å². The number of ether oxygens (including phenoxy) is 1. The van der Waals surface area contributed by atoms with E-state index in [1.165, 1.54) is 14.0 Å². The fourth-order valence-corrected chi connectivity index (χ4v) is 5.03. The predicted octanol–water partition coefficient (Wildman–Crippen LogP) is 5.27. The highest BCUT2D eigenvalue weighted by molar-refractivity contribution is 6.11. The molecule has 8 nitrogen and oxygen atoms in total. The van der Waals surface area contributed by atoms with Crippen molar-refractivity contribution >= 4 is 45.2 Å². The molecule has 8 heteroatoms. The lowest BCUT2D eigenvalue weighted by molar-refractivity contribution is -0.114. The molecule has 1 aliphatic carbocycles. The van der Waals surface area contributed by atoms with E-state index in [0.717, 1.165) is 48.0 Å². The lowest BCUT2D eigenvalue weighted by Crippen LogP contribution is -2.16. The number of rotatable bonds is 8. The van der Waals surface area contributed by atoms with Crippen molar-refractivity contribution < 1.29 is 14.3 Å². The van der Waals surface area contributed by atoms with E-state index in [2.05, 4.69) is 33.8 Å². The number of benzene rings is 1. The molecule has 0 saturated carbocycles. The van der Waals surface area contributed by atoms with Crippen LogP contribution in [0.3, 0.4) is 0 Å². The Morgan fingerprint density at radius 2 is 2.08 bits per heavy atom. The second-order valence-corrected chi connectivity index (χ2v) is 9.28. The van der Waals surface area contributed by atoms with E-state index in [1.54, 1.807) is 6.20 Å². The van der Waals surface area contributed by atoms with Crippen LogP contribution < -0.4 is 10.6 Å². The highest BCUT2D eigenvalue weighted by atomic mass is 16.5. The number of pyridine rings is 1. The molecule has 0 radical (unpaired) electrons. The van der Waals surface area contributed by atoms with Gasteiger partial charge in [-0.05, 0) is 49.3 Å². The average molecular weight is 486 g/mol. The average Bonchev–Trinajstić information content (AvgIpc) is 3.44. The van der Waals surface area contributed by atoms with Gasteiger partial charge in [-0.15, -0.1) is 0 Å². The molecule has 3 heterocycles. The molecule has 1 aromatic carbocycles. The fourth-order valence-electron chi connectivity index (χ4n) is 5.03. The third kappa shape index (κ3) is 4.71. The van der Waals surface area contributed by atoms with Crippen molar-refractivity contribution in [3.05, 3.63) is 66.1 Å². The lowest BCUT2D eigenvalue weighted by Gasteiger charge is -2.18. The van der Waals surface area contributed by atoms with Crippen molar-refractivity contribution in [3.8, 4) is 0 Å². The van der Waals surface area contributed by atoms with Gasteiger partial charge in [0.1, 0.15) is 5.65 Å². The Morgan fingerprint density at radius 1 is 1.22 bits per heavy atom. The number of H-pyrrole nitrogens is 1. The number of fused-ring (bicyclic) bond motifs is 2. The van der Waals surface area contributed by atoms with Crippen LogP contribution in [0.5, 0.6) is 0 Å². The number of anilines is 2. The monoisotopic (exact) mass is 485 g/mol. The van der Waals surface area contributed by atoms with Gasteiger partial charge in [-0.25, -0.2) is 9.78 Å². The van der Waals surface area contributed by atoms with E-state index in [1.807, 2.05) is 35.0 Å². The van der Waals surface area contributed by atoms with Gasteiger partial charge >= 0.3 is 5.97 Å². The van der Waals surface area contributed by atoms with Crippen LogP contribution in [0.25, 0.3) is 21.9 Å². The maximum absolute atomic E-state index is 12.9. The lowest BCUT2D eigenvalue weighted by atomic mass is 9.94. The SMILES string of the molecule is COC(=O)c1c(NC(C)=O)c2cc(NCC3CC=CCC3)cnc2n1CCc1c[nH]c2ccccc12. The maximum atomic E-state index is 12.9. The molecule has 0 aliphatic heterocycles. The zero-order valence-corrected chi connectivity index (χ0v) is 20.6. The molecule has 4 aromatic rings. The number of para-hydroxylation sites is 1. The summed E-state index contributed by atoms with van der Waals surface area (Å²) in [4.78, 5) is 33.1. The van der Waals surface area contributed by atoms with Crippen molar-refractivity contribution in [1.82, 2.24) is 14.5 Å². The maximum Gasteiger partial charge on any atom is 0.356 e. The number of esters is 1. The number of aromatic nitrogens is 3. The van der Waals surface area contributed by atoms with Crippen molar-refractivity contribution in [2.24, 2.45) is 5.92 Å². The molecule has 3 N–H and O–H groups in total. The van der Waals surface area contributed by atoms with Crippen LogP contribution in [0.2, 0.25) is 0 Å². The number of amides is 1. The van der Waals surface area contributed by atoms with Crippen LogP contribution in [0.15, 0.2) is 54.9 Å². The van der Waals surface area contributed by atoms with Gasteiger partial charge in [-0.3, -0.25) is 4.79 Å². The number of nitrogens with one attached hydrogen (secondary N) is 3. The van der Waals surface area contributed by atoms with Crippen molar-refractivity contribution in [2.75, 3.05) is 24.3 Å². The Labute approximate surface area is 209 Å². The number of allylic oxidation sites excluding steroid dienone is 2. The van der Waals surface area contributed by atoms with E-state index < -0.39 is 5.97 Å². The third-order valence-corrected chi connectivity index (χ3v) is 6.83. The van der Waals surface area contributed by atoms with Crippen LogP contribution in [0.1, 0.15) is 42.2 Å². The number of hydrogen-bond donors (Lipinski definition) is 3. The van der Waals surface area contributed by atoms with Gasteiger partial charge in [-0.2, -0.15) is 0 Å². The summed E-state index contributed by atoms with van der Waals surface area (Å²) in [5, 5.41) is 8.21. The Hall–Kier alpha value is -4.07. The number of aryl methyl sites for hydroxylation is 2. The predicted molar refractivity (Wildman–Crippen MR) is 142 cm³/mol. The van der Waals surface area contributed by atoms with E-state index in [4.69, 9.17) is 9.72 Å². The standard InChI is InChI=1S/C28H31N5O3/c1-18(34)32-25-23-14-21(29-15-19-8-4-3-5-9-19)17-31-27(23)33(26(25)28(35)36-2)13-12-20-16-30-24-11-7-6-10-22(20)24/h3-4,6-7,10-11,14,16-17,19,29-30H,5,8-9,12-13,15H2,1-2H3,(H,32,34). The van der Waals surface area contributed by atoms with Gasteiger partial charge in [0.05, 0.1) is 24.7 Å². The first-order valence-corrected chi connectivity index (χ1v) is 12.4. The zero-order valence-electron chi connectivity index (χ0n) is 20.6. The number of aromatic amines is 1. The van der Waals surface area contributed by atoms with Crippen LogP contribution in [0, 0.1) is 5.92 Å². The highest BCUT2D eigenvalue weighted by Gasteiger charge is 2.26. The summed E-state index contributed by atoms with van der Waals surface area (Å²) in [6.45, 7) is 2.77. The largest absolute Gasteiger partial charge is 0.464 e. The summed E-state index contributed by atoms with van der Waals surface area (Å²) >= 11 is 0. The number of carbonyl (C=O) groups excluding carboxylic acids is 2. The first-order valence-electron chi connectivity index (χ1n) is 12.4. The molecule has 1 unspecified atom stereocenters. The first kappa shape index (κ1) is 23.7. The second kappa shape index (κ2) is 10.3. The molecular weight excluding hydrogens is 454 g/mol. The van der Waals surface area contributed by atoms with Crippen molar-refractivity contribution in [1.29, 1.82) is 0 Å². The van der Waals surface area contributed by atoms with E-state index in [-0.39, 0.29) is 5.91 Å². The summed E-state index contributed by atoms with van der Waals surface area (Å²) in [5.41, 5.74) is 4.42. The highest BCUT2D eigenvalue weighted by Crippen LogP contribution is 2.33. The molecule has 1 amide bonds. The molecule has 0 spiro atoms. The fraction of sp³-hybridized carbons (Fsp3) is 0.321. The summed E-state index contributed by atoms with van der Waals surface area (Å²) in [6.07, 6.45) is 12.3. The number of nitrogens with zero attached hydrogens (tertiary/aromatic N) is 2. The molecular formula is C28H31N5O3. The molecule has 186 valence electrons. The summed E-state index contributed by atoms with van der Waals surface area (Å²) in [7, 11) is 1.35.